The Labute approximate surface area is 116 Å². The summed E-state index contributed by atoms with van der Waals surface area (Å²) in [6.07, 6.45) is 2.35. The summed E-state index contributed by atoms with van der Waals surface area (Å²) in [5.74, 6) is 0.789. The normalized spacial score (nSPS) is 16.7. The summed E-state index contributed by atoms with van der Waals surface area (Å²) in [6.45, 7) is 2.79. The van der Waals surface area contributed by atoms with E-state index in [4.69, 9.17) is 0 Å². The molecule has 1 amide bonds. The smallest absolute Gasteiger partial charge is 0.232 e. The number of carbonyl (C=O) groups is 1. The van der Waals surface area contributed by atoms with Gasteiger partial charge in [-0.15, -0.1) is 23.1 Å². The molecule has 0 aromatic carbocycles. The summed E-state index contributed by atoms with van der Waals surface area (Å²) in [5, 5.41) is 5.97. The number of aromatic nitrogens is 1. The maximum absolute atomic E-state index is 12.0. The monoisotopic (exact) mass is 285 g/mol. The van der Waals surface area contributed by atoms with Gasteiger partial charge in [0.05, 0.1) is 23.5 Å². The Morgan fingerprint density at radius 3 is 3.06 bits per heavy atom. The predicted octanol–water partition coefficient (Wildman–Crippen LogP) is 1.59. The molecule has 1 fully saturated rings. The van der Waals surface area contributed by atoms with Crippen LogP contribution in [0.4, 0.5) is 0 Å². The Kier molecular flexibility index (Phi) is 5.46. The number of nitrogens with one attached hydrogen (secondary N) is 1. The van der Waals surface area contributed by atoms with Crippen molar-refractivity contribution in [2.45, 2.75) is 24.6 Å². The Morgan fingerprint density at radius 1 is 1.61 bits per heavy atom. The van der Waals surface area contributed by atoms with Gasteiger partial charge in [0, 0.05) is 17.7 Å². The van der Waals surface area contributed by atoms with Crippen LogP contribution in [0.1, 0.15) is 18.5 Å². The Balaban J connectivity index is 1.70. The minimum Gasteiger partial charge on any atom is -0.339 e. The maximum Gasteiger partial charge on any atom is 0.232 e. The Bertz CT molecular complexity index is 363. The quantitative estimate of drug-likeness (QED) is 0.892. The summed E-state index contributed by atoms with van der Waals surface area (Å²) < 4.78 is 0. The zero-order valence-electron chi connectivity index (χ0n) is 10.6. The highest BCUT2D eigenvalue weighted by Crippen LogP contribution is 2.20. The molecule has 2 heterocycles. The highest BCUT2D eigenvalue weighted by molar-refractivity contribution is 8.00. The molecule has 1 saturated heterocycles. The van der Waals surface area contributed by atoms with E-state index in [9.17, 15) is 4.79 Å². The van der Waals surface area contributed by atoms with Gasteiger partial charge in [-0.3, -0.25) is 4.79 Å². The molecule has 0 atom stereocenters. The standard InChI is InChI=1S/C12H19N3OS2/c1-15(6-10-7-17-9-14-10)12(16)8-18-11-2-4-13-5-3-11/h7,9,11,13H,2-6,8H2,1H3. The molecule has 0 bridgehead atoms. The minimum absolute atomic E-state index is 0.200. The average molecular weight is 285 g/mol. The highest BCUT2D eigenvalue weighted by Gasteiger charge is 2.17. The van der Waals surface area contributed by atoms with Gasteiger partial charge in [0.25, 0.3) is 0 Å². The second-order valence-electron chi connectivity index (χ2n) is 4.49. The van der Waals surface area contributed by atoms with Gasteiger partial charge < -0.3 is 10.2 Å². The second-order valence-corrected chi connectivity index (χ2v) is 6.50. The van der Waals surface area contributed by atoms with Crippen LogP contribution in [-0.2, 0) is 11.3 Å². The number of thioether (sulfide) groups is 1. The van der Waals surface area contributed by atoms with Crippen molar-refractivity contribution in [3.8, 4) is 0 Å². The maximum atomic E-state index is 12.0. The van der Waals surface area contributed by atoms with Gasteiger partial charge in [-0.25, -0.2) is 4.98 Å². The third-order valence-corrected chi connectivity index (χ3v) is 5.03. The zero-order valence-corrected chi connectivity index (χ0v) is 12.2. The number of thiazole rings is 1. The molecule has 1 aliphatic heterocycles. The van der Waals surface area contributed by atoms with Crippen molar-refractivity contribution in [3.05, 3.63) is 16.6 Å². The number of hydrogen-bond acceptors (Lipinski definition) is 5. The van der Waals surface area contributed by atoms with Gasteiger partial charge in [0.1, 0.15) is 0 Å². The van der Waals surface area contributed by atoms with Gasteiger partial charge in [0.15, 0.2) is 0 Å². The molecule has 0 spiro atoms. The third-order valence-electron chi connectivity index (χ3n) is 3.04. The fourth-order valence-corrected chi connectivity index (χ4v) is 3.63. The SMILES string of the molecule is CN(Cc1cscn1)C(=O)CSC1CCNCC1. The van der Waals surface area contributed by atoms with Gasteiger partial charge in [-0.1, -0.05) is 0 Å². The van der Waals surface area contributed by atoms with Crippen molar-refractivity contribution in [1.82, 2.24) is 15.2 Å². The number of amides is 1. The van der Waals surface area contributed by atoms with Crippen molar-refractivity contribution in [2.24, 2.45) is 0 Å². The predicted molar refractivity (Wildman–Crippen MR) is 76.9 cm³/mol. The van der Waals surface area contributed by atoms with Gasteiger partial charge >= 0.3 is 0 Å². The lowest BCUT2D eigenvalue weighted by molar-refractivity contribution is -0.127. The fraction of sp³-hybridized carbons (Fsp3) is 0.667. The van der Waals surface area contributed by atoms with Crippen LogP contribution in [0, 0.1) is 0 Å². The third kappa shape index (κ3) is 4.26. The number of piperidine rings is 1. The number of hydrogen-bond donors (Lipinski definition) is 1. The lowest BCUT2D eigenvalue weighted by atomic mass is 10.2. The lowest BCUT2D eigenvalue weighted by Gasteiger charge is -2.23. The van der Waals surface area contributed by atoms with Gasteiger partial charge in [0.2, 0.25) is 5.91 Å². The number of nitrogens with zero attached hydrogens (tertiary/aromatic N) is 2. The first kappa shape index (κ1) is 13.8. The summed E-state index contributed by atoms with van der Waals surface area (Å²) in [7, 11) is 1.85. The van der Waals surface area contributed by atoms with E-state index in [2.05, 4.69) is 10.3 Å². The summed E-state index contributed by atoms with van der Waals surface area (Å²) in [5.41, 5.74) is 2.78. The van der Waals surface area contributed by atoms with E-state index in [1.54, 1.807) is 33.5 Å². The summed E-state index contributed by atoms with van der Waals surface area (Å²) in [4.78, 5) is 17.9. The van der Waals surface area contributed by atoms with Gasteiger partial charge in [-0.05, 0) is 25.9 Å². The van der Waals surface area contributed by atoms with Crippen molar-refractivity contribution >= 4 is 29.0 Å². The van der Waals surface area contributed by atoms with Crippen LogP contribution in [-0.4, -0.2) is 46.9 Å². The molecule has 4 nitrogen and oxygen atoms in total. The van der Waals surface area contributed by atoms with Crippen LogP contribution in [0.15, 0.2) is 10.9 Å². The Morgan fingerprint density at radius 2 is 2.39 bits per heavy atom. The first-order chi connectivity index (χ1) is 8.75. The van der Waals surface area contributed by atoms with Crippen LogP contribution in [0.2, 0.25) is 0 Å². The molecule has 1 aliphatic rings. The molecule has 1 aromatic heterocycles. The molecule has 0 aliphatic carbocycles. The Hall–Kier alpha value is -0.590. The molecule has 6 heteroatoms. The molecule has 1 aromatic rings. The van der Waals surface area contributed by atoms with E-state index >= 15 is 0 Å². The average Bonchev–Trinajstić information content (AvgIpc) is 2.90. The topological polar surface area (TPSA) is 45.2 Å². The molecule has 100 valence electrons. The van der Waals surface area contributed by atoms with E-state index in [1.807, 2.05) is 12.4 Å². The molecule has 0 radical (unpaired) electrons. The van der Waals surface area contributed by atoms with Crippen molar-refractivity contribution in [1.29, 1.82) is 0 Å². The lowest BCUT2D eigenvalue weighted by Crippen LogP contribution is -2.32. The van der Waals surface area contributed by atoms with Crippen molar-refractivity contribution in [3.63, 3.8) is 0 Å². The molecular weight excluding hydrogens is 266 g/mol. The van der Waals surface area contributed by atoms with Crippen LogP contribution in [0.3, 0.4) is 0 Å². The first-order valence-electron chi connectivity index (χ1n) is 6.19. The minimum atomic E-state index is 0.200. The molecule has 18 heavy (non-hydrogen) atoms. The van der Waals surface area contributed by atoms with E-state index < -0.39 is 0 Å². The van der Waals surface area contributed by atoms with Crippen LogP contribution in [0.5, 0.6) is 0 Å². The molecule has 2 rings (SSSR count). The van der Waals surface area contributed by atoms with Crippen molar-refractivity contribution < 1.29 is 4.79 Å². The molecule has 1 N–H and O–H groups in total. The summed E-state index contributed by atoms with van der Waals surface area (Å²) in [6, 6.07) is 0. The zero-order chi connectivity index (χ0) is 12.8. The largest absolute Gasteiger partial charge is 0.339 e. The van der Waals surface area contributed by atoms with E-state index in [0.717, 1.165) is 18.8 Å². The van der Waals surface area contributed by atoms with Crippen LogP contribution in [0.25, 0.3) is 0 Å². The first-order valence-corrected chi connectivity index (χ1v) is 8.18. The van der Waals surface area contributed by atoms with Gasteiger partial charge in [-0.2, -0.15) is 0 Å². The number of rotatable bonds is 5. The molecule has 0 unspecified atom stereocenters. The van der Waals surface area contributed by atoms with E-state index in [0.29, 0.717) is 17.5 Å². The highest BCUT2D eigenvalue weighted by atomic mass is 32.2. The number of carbonyl (C=O) groups excluding carboxylic acids is 1. The molecular formula is C12H19N3OS2. The van der Waals surface area contributed by atoms with Crippen LogP contribution >= 0.6 is 23.1 Å². The fourth-order valence-electron chi connectivity index (χ4n) is 1.91. The van der Waals surface area contributed by atoms with E-state index in [-0.39, 0.29) is 5.91 Å². The van der Waals surface area contributed by atoms with Crippen LogP contribution < -0.4 is 5.32 Å². The van der Waals surface area contributed by atoms with E-state index in [1.165, 1.54) is 12.8 Å². The summed E-state index contributed by atoms with van der Waals surface area (Å²) >= 11 is 3.37. The second kappa shape index (κ2) is 7.11. The van der Waals surface area contributed by atoms with Crippen molar-refractivity contribution in [2.75, 3.05) is 25.9 Å². The molecule has 0 saturated carbocycles.